The Morgan fingerprint density at radius 2 is 1.88 bits per heavy atom. The number of nitrogens with one attached hydrogen (secondary N) is 1. The fourth-order valence-corrected chi connectivity index (χ4v) is 2.96. The quantitative estimate of drug-likeness (QED) is 0.740. The monoisotopic (exact) mass is 348 g/mol. The molecule has 0 spiro atoms. The van der Waals surface area contributed by atoms with Gasteiger partial charge in [0, 0.05) is 59.6 Å². The van der Waals surface area contributed by atoms with Crippen LogP contribution in [0, 0.1) is 12.8 Å². The van der Waals surface area contributed by atoms with Crippen molar-refractivity contribution in [3.8, 4) is 11.3 Å². The van der Waals surface area contributed by atoms with Gasteiger partial charge in [-0.15, -0.1) is 0 Å². The number of aromatic nitrogens is 3. The fraction of sp³-hybridized carbons (Fsp3) is 0.300. The Balaban J connectivity index is 1.62. The van der Waals surface area contributed by atoms with Gasteiger partial charge < -0.3 is 10.4 Å². The van der Waals surface area contributed by atoms with E-state index in [1.165, 1.54) is 0 Å². The summed E-state index contributed by atoms with van der Waals surface area (Å²) in [5.41, 5.74) is 3.72. The van der Waals surface area contributed by atoms with E-state index in [0.29, 0.717) is 12.2 Å². The van der Waals surface area contributed by atoms with Crippen molar-refractivity contribution in [3.05, 3.63) is 48.0 Å². The van der Waals surface area contributed by atoms with Crippen LogP contribution < -0.4 is 5.32 Å². The van der Waals surface area contributed by atoms with Crippen LogP contribution in [0.1, 0.15) is 24.1 Å². The molecule has 1 aliphatic carbocycles. The molecule has 0 bridgehead atoms. The maximum atomic E-state index is 11.9. The van der Waals surface area contributed by atoms with E-state index in [0.717, 1.165) is 46.1 Å². The maximum absolute atomic E-state index is 11.9. The third kappa shape index (κ3) is 3.41. The number of amides is 1. The number of pyridine rings is 3. The number of aliphatic hydroxyl groups excluding tert-OH is 1. The van der Waals surface area contributed by atoms with Crippen molar-refractivity contribution < 1.29 is 9.90 Å². The Hall–Kier alpha value is -2.86. The summed E-state index contributed by atoms with van der Waals surface area (Å²) in [6, 6.07) is 5.80. The standard InChI is InChI=1S/C20H20N4O2/c1-12-6-16(4-5-25)21-11-17(12)18-7-14-10-23-19(8-15(14)9-22-18)24-20(26)13-2-3-13/h6-11,13,25H,2-5H2,1H3,(H,23,24,26). The van der Waals surface area contributed by atoms with E-state index in [1.54, 1.807) is 18.6 Å². The molecule has 0 unspecified atom stereocenters. The van der Waals surface area contributed by atoms with Gasteiger partial charge in [-0.2, -0.15) is 0 Å². The maximum Gasteiger partial charge on any atom is 0.228 e. The van der Waals surface area contributed by atoms with Gasteiger partial charge in [0.05, 0.1) is 5.69 Å². The minimum atomic E-state index is 0.0473. The van der Waals surface area contributed by atoms with Crippen molar-refractivity contribution in [3.63, 3.8) is 0 Å². The minimum absolute atomic E-state index is 0.0473. The summed E-state index contributed by atoms with van der Waals surface area (Å²) in [6.45, 7) is 2.10. The summed E-state index contributed by atoms with van der Waals surface area (Å²) in [4.78, 5) is 25.2. The number of anilines is 1. The summed E-state index contributed by atoms with van der Waals surface area (Å²) in [7, 11) is 0. The van der Waals surface area contributed by atoms with Crippen LogP contribution in [0.3, 0.4) is 0 Å². The first-order valence-electron chi connectivity index (χ1n) is 8.77. The minimum Gasteiger partial charge on any atom is -0.396 e. The van der Waals surface area contributed by atoms with Crippen molar-refractivity contribution in [1.82, 2.24) is 15.0 Å². The van der Waals surface area contributed by atoms with Gasteiger partial charge in [-0.05, 0) is 43.5 Å². The van der Waals surface area contributed by atoms with E-state index in [2.05, 4.69) is 20.3 Å². The lowest BCUT2D eigenvalue weighted by Gasteiger charge is -2.09. The summed E-state index contributed by atoms with van der Waals surface area (Å²) in [5.74, 6) is 0.763. The second kappa shape index (κ2) is 6.80. The largest absolute Gasteiger partial charge is 0.396 e. The Labute approximate surface area is 151 Å². The van der Waals surface area contributed by atoms with Crippen LogP contribution in [-0.2, 0) is 11.2 Å². The smallest absolute Gasteiger partial charge is 0.228 e. The Bertz CT molecular complexity index is 983. The van der Waals surface area contributed by atoms with E-state index in [1.807, 2.05) is 25.1 Å². The number of carbonyl (C=O) groups excluding carboxylic acids is 1. The van der Waals surface area contributed by atoms with E-state index >= 15 is 0 Å². The zero-order chi connectivity index (χ0) is 18.1. The number of aryl methyl sites for hydroxylation is 1. The molecule has 0 aliphatic heterocycles. The number of hydrogen-bond acceptors (Lipinski definition) is 5. The van der Waals surface area contributed by atoms with Gasteiger partial charge in [0.25, 0.3) is 0 Å². The average molecular weight is 348 g/mol. The lowest BCUT2D eigenvalue weighted by Crippen LogP contribution is -2.14. The molecule has 0 saturated heterocycles. The highest BCUT2D eigenvalue weighted by atomic mass is 16.3. The highest BCUT2D eigenvalue weighted by Crippen LogP contribution is 2.30. The van der Waals surface area contributed by atoms with Crippen molar-refractivity contribution in [1.29, 1.82) is 0 Å². The predicted octanol–water partition coefficient (Wildman–Crippen LogP) is 2.88. The molecule has 0 aromatic carbocycles. The zero-order valence-electron chi connectivity index (χ0n) is 14.6. The molecule has 1 fully saturated rings. The number of aliphatic hydroxyl groups is 1. The van der Waals surface area contributed by atoms with Crippen LogP contribution in [0.5, 0.6) is 0 Å². The van der Waals surface area contributed by atoms with Gasteiger partial charge in [0.2, 0.25) is 5.91 Å². The highest BCUT2D eigenvalue weighted by Gasteiger charge is 2.29. The molecule has 132 valence electrons. The Kier molecular flexibility index (Phi) is 4.34. The molecule has 6 heteroatoms. The van der Waals surface area contributed by atoms with E-state index in [-0.39, 0.29) is 18.4 Å². The van der Waals surface area contributed by atoms with Crippen LogP contribution >= 0.6 is 0 Å². The zero-order valence-corrected chi connectivity index (χ0v) is 14.6. The van der Waals surface area contributed by atoms with Crippen LogP contribution in [0.4, 0.5) is 5.82 Å². The fourth-order valence-electron chi connectivity index (χ4n) is 2.96. The van der Waals surface area contributed by atoms with Crippen LogP contribution in [0.25, 0.3) is 22.0 Å². The first-order valence-corrected chi connectivity index (χ1v) is 8.77. The summed E-state index contributed by atoms with van der Waals surface area (Å²) in [5, 5.41) is 13.8. The number of fused-ring (bicyclic) bond motifs is 1. The number of nitrogens with zero attached hydrogens (tertiary/aromatic N) is 3. The lowest BCUT2D eigenvalue weighted by atomic mass is 10.0. The average Bonchev–Trinajstić information content (AvgIpc) is 3.47. The third-order valence-corrected chi connectivity index (χ3v) is 4.61. The molecular formula is C20H20N4O2. The van der Waals surface area contributed by atoms with Crippen molar-refractivity contribution in [2.24, 2.45) is 5.92 Å². The highest BCUT2D eigenvalue weighted by molar-refractivity contribution is 5.95. The van der Waals surface area contributed by atoms with Gasteiger partial charge in [-0.1, -0.05) is 0 Å². The molecule has 0 atom stereocenters. The van der Waals surface area contributed by atoms with Gasteiger partial charge in [-0.3, -0.25) is 14.8 Å². The number of carbonyl (C=O) groups is 1. The van der Waals surface area contributed by atoms with Crippen LogP contribution in [0.2, 0.25) is 0 Å². The topological polar surface area (TPSA) is 88.0 Å². The second-order valence-electron chi connectivity index (χ2n) is 6.71. The predicted molar refractivity (Wildman–Crippen MR) is 99.6 cm³/mol. The number of hydrogen-bond donors (Lipinski definition) is 2. The van der Waals surface area contributed by atoms with Gasteiger partial charge in [0.1, 0.15) is 5.82 Å². The van der Waals surface area contributed by atoms with Crippen LogP contribution in [0.15, 0.2) is 36.8 Å². The van der Waals surface area contributed by atoms with E-state index in [9.17, 15) is 4.79 Å². The molecule has 3 aromatic heterocycles. The third-order valence-electron chi connectivity index (χ3n) is 4.61. The van der Waals surface area contributed by atoms with E-state index in [4.69, 9.17) is 5.11 Å². The van der Waals surface area contributed by atoms with Gasteiger partial charge in [-0.25, -0.2) is 4.98 Å². The number of rotatable bonds is 5. The Morgan fingerprint density at radius 3 is 2.62 bits per heavy atom. The first-order chi connectivity index (χ1) is 12.6. The molecule has 6 nitrogen and oxygen atoms in total. The molecule has 4 rings (SSSR count). The summed E-state index contributed by atoms with van der Waals surface area (Å²) in [6.07, 6.45) is 7.83. The van der Waals surface area contributed by atoms with Crippen molar-refractivity contribution in [2.45, 2.75) is 26.2 Å². The molecule has 3 heterocycles. The molecule has 1 saturated carbocycles. The summed E-state index contributed by atoms with van der Waals surface area (Å²) >= 11 is 0. The van der Waals surface area contributed by atoms with Gasteiger partial charge in [0.15, 0.2) is 0 Å². The second-order valence-corrected chi connectivity index (χ2v) is 6.71. The van der Waals surface area contributed by atoms with Crippen LogP contribution in [-0.4, -0.2) is 32.6 Å². The lowest BCUT2D eigenvalue weighted by molar-refractivity contribution is -0.117. The molecule has 1 amide bonds. The van der Waals surface area contributed by atoms with E-state index < -0.39 is 0 Å². The SMILES string of the molecule is Cc1cc(CCO)ncc1-c1cc2cnc(NC(=O)C3CC3)cc2cn1. The molecule has 3 aromatic rings. The first kappa shape index (κ1) is 16.6. The molecule has 0 radical (unpaired) electrons. The molecular weight excluding hydrogens is 328 g/mol. The van der Waals surface area contributed by atoms with Crippen molar-refractivity contribution in [2.75, 3.05) is 11.9 Å². The molecule has 2 N–H and O–H groups in total. The molecule has 1 aliphatic rings. The van der Waals surface area contributed by atoms with Gasteiger partial charge >= 0.3 is 0 Å². The summed E-state index contributed by atoms with van der Waals surface area (Å²) < 4.78 is 0. The Morgan fingerprint density at radius 1 is 1.12 bits per heavy atom. The van der Waals surface area contributed by atoms with Crippen molar-refractivity contribution >= 4 is 22.5 Å². The normalized spacial score (nSPS) is 13.8. The molecule has 26 heavy (non-hydrogen) atoms.